The summed E-state index contributed by atoms with van der Waals surface area (Å²) >= 11 is 1.38. The number of aromatic nitrogens is 2. The Labute approximate surface area is 161 Å². The monoisotopic (exact) mass is 387 g/mol. The zero-order valence-electron chi connectivity index (χ0n) is 15.4. The average molecular weight is 387 g/mol. The number of benzene rings is 1. The van der Waals surface area contributed by atoms with Crippen molar-refractivity contribution in [2.75, 3.05) is 25.3 Å². The van der Waals surface area contributed by atoms with Crippen molar-refractivity contribution in [3.05, 3.63) is 52.3 Å². The Hall–Kier alpha value is -2.74. The van der Waals surface area contributed by atoms with Crippen molar-refractivity contribution in [3.8, 4) is 11.5 Å². The van der Waals surface area contributed by atoms with Crippen LogP contribution < -0.4 is 20.3 Å². The first-order valence-electron chi connectivity index (χ1n) is 8.37. The molecule has 27 heavy (non-hydrogen) atoms. The van der Waals surface area contributed by atoms with Crippen LogP contribution in [0.2, 0.25) is 0 Å². The van der Waals surface area contributed by atoms with E-state index in [2.05, 4.69) is 16.9 Å². The van der Waals surface area contributed by atoms with Crippen LogP contribution in [0.1, 0.15) is 23.5 Å². The first-order chi connectivity index (χ1) is 13.0. The second kappa shape index (κ2) is 7.87. The van der Waals surface area contributed by atoms with Gasteiger partial charge in [-0.05, 0) is 6.07 Å². The summed E-state index contributed by atoms with van der Waals surface area (Å²) in [5, 5.41) is 3.35. The Kier molecular flexibility index (Phi) is 5.55. The van der Waals surface area contributed by atoms with Gasteiger partial charge in [0.25, 0.3) is 5.56 Å². The lowest BCUT2D eigenvalue weighted by molar-refractivity contribution is -0.116. The highest BCUT2D eigenvalue weighted by molar-refractivity contribution is 7.99. The average Bonchev–Trinajstić information content (AvgIpc) is 2.68. The van der Waals surface area contributed by atoms with Gasteiger partial charge in [-0.15, -0.1) is 6.58 Å². The van der Waals surface area contributed by atoms with Crippen LogP contribution in [0.4, 0.5) is 5.82 Å². The maximum absolute atomic E-state index is 12.9. The molecule has 1 aromatic heterocycles. The van der Waals surface area contributed by atoms with Crippen LogP contribution in [-0.4, -0.2) is 35.4 Å². The van der Waals surface area contributed by atoms with Gasteiger partial charge < -0.3 is 19.4 Å². The molecule has 0 unspecified atom stereocenters. The number of hydrogen-bond donors (Lipinski definition) is 1. The van der Waals surface area contributed by atoms with E-state index >= 15 is 0 Å². The summed E-state index contributed by atoms with van der Waals surface area (Å²) in [7, 11) is 4.87. The standard InChI is InChI=1S/C19H21N3O4S/c1-5-9-27-19-21-18(24)15-12(10-14(23)20-17(15)22(19)2)11-7-6-8-13(25-3)16(11)26-4/h5-8,12H,1,9-10H2,2-4H3,(H,20,23)/t12-/m0/s1. The Morgan fingerprint density at radius 2 is 2.15 bits per heavy atom. The lowest BCUT2D eigenvalue weighted by Crippen LogP contribution is -2.33. The molecule has 142 valence electrons. The molecule has 8 heteroatoms. The number of hydrogen-bond acceptors (Lipinski definition) is 6. The lowest BCUT2D eigenvalue weighted by Gasteiger charge is -2.28. The van der Waals surface area contributed by atoms with E-state index in [0.717, 1.165) is 5.56 Å². The predicted octanol–water partition coefficient (Wildman–Crippen LogP) is 2.55. The van der Waals surface area contributed by atoms with Gasteiger partial charge in [0.15, 0.2) is 16.7 Å². The van der Waals surface area contributed by atoms with E-state index in [1.165, 1.54) is 18.9 Å². The fourth-order valence-corrected chi connectivity index (χ4v) is 3.95. The molecule has 7 nitrogen and oxygen atoms in total. The van der Waals surface area contributed by atoms with Crippen LogP contribution in [0, 0.1) is 0 Å². The number of fused-ring (bicyclic) bond motifs is 1. The van der Waals surface area contributed by atoms with E-state index in [4.69, 9.17) is 9.47 Å². The number of carbonyl (C=O) groups excluding carboxylic acids is 1. The quantitative estimate of drug-likeness (QED) is 0.466. The second-order valence-electron chi connectivity index (χ2n) is 6.01. The summed E-state index contributed by atoms with van der Waals surface area (Å²) < 4.78 is 12.6. The summed E-state index contributed by atoms with van der Waals surface area (Å²) in [5.41, 5.74) is 0.814. The van der Waals surface area contributed by atoms with Crippen LogP contribution >= 0.6 is 11.8 Å². The minimum Gasteiger partial charge on any atom is -0.493 e. The highest BCUT2D eigenvalue weighted by atomic mass is 32.2. The van der Waals surface area contributed by atoms with Crippen molar-refractivity contribution in [1.29, 1.82) is 0 Å². The molecule has 2 aromatic rings. The fourth-order valence-electron chi connectivity index (χ4n) is 3.25. The van der Waals surface area contributed by atoms with Crippen molar-refractivity contribution < 1.29 is 14.3 Å². The second-order valence-corrected chi connectivity index (χ2v) is 7.00. The van der Waals surface area contributed by atoms with E-state index in [9.17, 15) is 9.59 Å². The summed E-state index contributed by atoms with van der Waals surface area (Å²) in [6.07, 6.45) is 1.87. The number of thioether (sulfide) groups is 1. The molecule has 0 radical (unpaired) electrons. The molecule has 0 saturated carbocycles. The molecule has 1 N–H and O–H groups in total. The maximum atomic E-state index is 12.9. The van der Waals surface area contributed by atoms with Crippen molar-refractivity contribution in [1.82, 2.24) is 9.55 Å². The number of anilines is 1. The fraction of sp³-hybridized carbons (Fsp3) is 0.316. The van der Waals surface area contributed by atoms with E-state index in [1.807, 2.05) is 12.1 Å². The molecule has 2 heterocycles. The normalized spacial score (nSPS) is 15.7. The van der Waals surface area contributed by atoms with Gasteiger partial charge in [0, 0.05) is 30.7 Å². The topological polar surface area (TPSA) is 82.5 Å². The molecule has 3 rings (SSSR count). The molecular formula is C19H21N3O4S. The van der Waals surface area contributed by atoms with Crippen LogP contribution in [0.15, 0.2) is 40.8 Å². The summed E-state index contributed by atoms with van der Waals surface area (Å²) in [5.74, 6) is 1.50. The van der Waals surface area contributed by atoms with Crippen molar-refractivity contribution in [2.45, 2.75) is 17.5 Å². The largest absolute Gasteiger partial charge is 0.493 e. The highest BCUT2D eigenvalue weighted by Gasteiger charge is 2.34. The van der Waals surface area contributed by atoms with Gasteiger partial charge in [-0.3, -0.25) is 9.59 Å². The minimum atomic E-state index is -0.469. The third kappa shape index (κ3) is 3.44. The van der Waals surface area contributed by atoms with Crippen LogP contribution in [0.3, 0.4) is 0 Å². The van der Waals surface area contributed by atoms with Gasteiger partial charge in [-0.1, -0.05) is 30.0 Å². The molecule has 0 saturated heterocycles. The Morgan fingerprint density at radius 1 is 1.37 bits per heavy atom. The zero-order chi connectivity index (χ0) is 19.6. The lowest BCUT2D eigenvalue weighted by atomic mass is 9.86. The third-order valence-electron chi connectivity index (χ3n) is 4.44. The third-order valence-corrected chi connectivity index (χ3v) is 5.47. The highest BCUT2D eigenvalue weighted by Crippen LogP contribution is 2.42. The van der Waals surface area contributed by atoms with Crippen LogP contribution in [-0.2, 0) is 11.8 Å². The van der Waals surface area contributed by atoms with Gasteiger partial charge in [0.1, 0.15) is 5.82 Å². The first kappa shape index (κ1) is 19.0. The molecule has 0 bridgehead atoms. The van der Waals surface area contributed by atoms with Crippen molar-refractivity contribution in [2.24, 2.45) is 7.05 Å². The molecule has 1 amide bonds. The first-order valence-corrected chi connectivity index (χ1v) is 9.35. The number of nitrogens with one attached hydrogen (secondary N) is 1. The van der Waals surface area contributed by atoms with Gasteiger partial charge in [0.2, 0.25) is 5.91 Å². The van der Waals surface area contributed by atoms with E-state index in [1.54, 1.807) is 30.9 Å². The minimum absolute atomic E-state index is 0.132. The van der Waals surface area contributed by atoms with Gasteiger partial charge in [0.05, 0.1) is 19.8 Å². The number of ether oxygens (including phenoxy) is 2. The predicted molar refractivity (Wildman–Crippen MR) is 105 cm³/mol. The summed E-state index contributed by atoms with van der Waals surface area (Å²) in [6.45, 7) is 3.68. The molecule has 1 aliphatic heterocycles. The summed E-state index contributed by atoms with van der Waals surface area (Å²) in [6, 6.07) is 5.43. The van der Waals surface area contributed by atoms with E-state index in [-0.39, 0.29) is 17.9 Å². The molecule has 0 fully saturated rings. The van der Waals surface area contributed by atoms with Crippen LogP contribution in [0.25, 0.3) is 0 Å². The summed E-state index contributed by atoms with van der Waals surface area (Å²) in [4.78, 5) is 29.5. The van der Waals surface area contributed by atoms with Gasteiger partial charge in [-0.25, -0.2) is 0 Å². The number of para-hydroxylation sites is 1. The molecular weight excluding hydrogens is 366 g/mol. The van der Waals surface area contributed by atoms with Crippen LogP contribution in [0.5, 0.6) is 11.5 Å². The number of carbonyl (C=O) groups is 1. The Balaban J connectivity index is 2.21. The molecule has 1 aromatic carbocycles. The molecule has 1 aliphatic rings. The zero-order valence-corrected chi connectivity index (χ0v) is 16.3. The Bertz CT molecular complexity index is 955. The van der Waals surface area contributed by atoms with Crippen molar-refractivity contribution >= 4 is 23.5 Å². The van der Waals surface area contributed by atoms with Crippen molar-refractivity contribution in [3.63, 3.8) is 0 Å². The van der Waals surface area contributed by atoms with E-state index < -0.39 is 5.92 Å². The van der Waals surface area contributed by atoms with Gasteiger partial charge in [-0.2, -0.15) is 4.98 Å². The molecule has 0 spiro atoms. The number of nitrogens with zero attached hydrogens (tertiary/aromatic N) is 2. The van der Waals surface area contributed by atoms with E-state index in [0.29, 0.717) is 33.8 Å². The number of rotatable bonds is 6. The smallest absolute Gasteiger partial charge is 0.279 e. The Morgan fingerprint density at radius 3 is 2.81 bits per heavy atom. The number of methoxy groups -OCH3 is 2. The van der Waals surface area contributed by atoms with Gasteiger partial charge >= 0.3 is 0 Å². The maximum Gasteiger partial charge on any atom is 0.279 e. The number of amides is 1. The SMILES string of the molecule is C=CCSc1nc(=O)c2c(n1C)NC(=O)C[C@H]2c1cccc(OC)c1OC. The molecule has 0 aliphatic carbocycles. The molecule has 1 atom stereocenters.